The van der Waals surface area contributed by atoms with Crippen molar-refractivity contribution in [1.82, 2.24) is 10.1 Å². The van der Waals surface area contributed by atoms with E-state index in [1.807, 2.05) is 61.6 Å². The van der Waals surface area contributed by atoms with Crippen molar-refractivity contribution < 1.29 is 9.32 Å². The molecule has 1 fully saturated rings. The third kappa shape index (κ3) is 5.51. The molecule has 7 heteroatoms. The van der Waals surface area contributed by atoms with E-state index in [0.717, 1.165) is 28.6 Å². The highest BCUT2D eigenvalue weighted by molar-refractivity contribution is 8.06. The maximum atomic E-state index is 12.2. The van der Waals surface area contributed by atoms with E-state index in [1.54, 1.807) is 0 Å². The van der Waals surface area contributed by atoms with Gasteiger partial charge in [0.25, 0.3) is 0 Å². The van der Waals surface area contributed by atoms with Crippen LogP contribution in [0.15, 0.2) is 28.8 Å². The van der Waals surface area contributed by atoms with Gasteiger partial charge >= 0.3 is 0 Å². The fraction of sp³-hybridized carbons (Fsp3) is 0.500. The molecular formula is C18H23N3O2S2. The number of hydrogen-bond acceptors (Lipinski definition) is 6. The first-order valence-corrected chi connectivity index (χ1v) is 10.7. The van der Waals surface area contributed by atoms with Gasteiger partial charge in [0.05, 0.1) is 6.42 Å². The Kier molecular flexibility index (Phi) is 6.42. The standard InChI is InChI=1S/C18H23N3O2S2/c1-12(2)18-20-17(23-21-18)9-13-3-5-14(6-4-13)19-16(22)10-15-11-24-7-8-25-15/h3-6,12,15H,7-11H2,1-2H3,(H,19,22)/t15-/m1/s1. The Morgan fingerprint density at radius 3 is 2.76 bits per heavy atom. The summed E-state index contributed by atoms with van der Waals surface area (Å²) in [5.74, 6) is 5.11. The zero-order valence-corrected chi connectivity index (χ0v) is 16.2. The summed E-state index contributed by atoms with van der Waals surface area (Å²) >= 11 is 3.84. The third-order valence-corrected chi connectivity index (χ3v) is 6.74. The molecule has 2 heterocycles. The maximum Gasteiger partial charge on any atom is 0.231 e. The molecule has 1 N–H and O–H groups in total. The smallest absolute Gasteiger partial charge is 0.231 e. The van der Waals surface area contributed by atoms with Crippen LogP contribution < -0.4 is 5.32 Å². The van der Waals surface area contributed by atoms with Gasteiger partial charge in [0, 0.05) is 40.5 Å². The lowest BCUT2D eigenvalue weighted by molar-refractivity contribution is -0.116. The van der Waals surface area contributed by atoms with Gasteiger partial charge in [-0.1, -0.05) is 31.1 Å². The molecule has 1 aliphatic heterocycles. The molecule has 0 spiro atoms. The molecule has 0 saturated carbocycles. The van der Waals surface area contributed by atoms with Crippen molar-refractivity contribution in [3.63, 3.8) is 0 Å². The summed E-state index contributed by atoms with van der Waals surface area (Å²) in [6.07, 6.45) is 1.18. The third-order valence-electron chi connectivity index (χ3n) is 3.89. The van der Waals surface area contributed by atoms with E-state index in [2.05, 4.69) is 15.5 Å². The number of hydrogen-bond donors (Lipinski definition) is 1. The molecule has 1 aromatic heterocycles. The van der Waals surface area contributed by atoms with Crippen molar-refractivity contribution in [2.75, 3.05) is 22.6 Å². The van der Waals surface area contributed by atoms with Crippen molar-refractivity contribution in [3.05, 3.63) is 41.5 Å². The second-order valence-electron chi connectivity index (χ2n) is 6.39. The van der Waals surface area contributed by atoms with E-state index < -0.39 is 0 Å². The van der Waals surface area contributed by atoms with Crippen LogP contribution in [0.2, 0.25) is 0 Å². The molecule has 134 valence electrons. The lowest BCUT2D eigenvalue weighted by atomic mass is 10.1. The lowest BCUT2D eigenvalue weighted by Gasteiger charge is -2.20. The molecule has 1 atom stereocenters. The molecule has 1 aromatic carbocycles. The molecule has 1 saturated heterocycles. The fourth-order valence-corrected chi connectivity index (χ4v) is 5.21. The summed E-state index contributed by atoms with van der Waals surface area (Å²) in [4.78, 5) is 16.5. The number of carbonyl (C=O) groups excluding carboxylic acids is 1. The Morgan fingerprint density at radius 2 is 2.12 bits per heavy atom. The summed E-state index contributed by atoms with van der Waals surface area (Å²) in [5, 5.41) is 7.40. The average Bonchev–Trinajstić information content (AvgIpc) is 3.06. The highest BCUT2D eigenvalue weighted by Crippen LogP contribution is 2.26. The molecule has 1 amide bonds. The molecule has 3 rings (SSSR count). The predicted octanol–water partition coefficient (Wildman–Crippen LogP) is 3.96. The number of carbonyl (C=O) groups is 1. The van der Waals surface area contributed by atoms with Gasteiger partial charge in [-0.15, -0.1) is 0 Å². The summed E-state index contributed by atoms with van der Waals surface area (Å²) < 4.78 is 5.27. The van der Waals surface area contributed by atoms with Crippen molar-refractivity contribution in [2.45, 2.75) is 37.9 Å². The molecule has 0 bridgehead atoms. The zero-order chi connectivity index (χ0) is 17.6. The van der Waals surface area contributed by atoms with E-state index >= 15 is 0 Å². The van der Waals surface area contributed by atoms with Crippen molar-refractivity contribution >= 4 is 35.1 Å². The van der Waals surface area contributed by atoms with Gasteiger partial charge in [0.15, 0.2) is 5.82 Å². The van der Waals surface area contributed by atoms with Crippen LogP contribution in [-0.4, -0.2) is 38.6 Å². The normalized spacial score (nSPS) is 17.6. The van der Waals surface area contributed by atoms with Gasteiger partial charge in [0.2, 0.25) is 11.8 Å². The Morgan fingerprint density at radius 1 is 1.32 bits per heavy atom. The minimum atomic E-state index is 0.0891. The van der Waals surface area contributed by atoms with Crippen molar-refractivity contribution in [3.8, 4) is 0 Å². The number of nitrogens with zero attached hydrogens (tertiary/aromatic N) is 2. The van der Waals surface area contributed by atoms with E-state index in [4.69, 9.17) is 4.52 Å². The van der Waals surface area contributed by atoms with Gasteiger partial charge in [-0.25, -0.2) is 0 Å². The monoisotopic (exact) mass is 377 g/mol. The molecule has 0 unspecified atom stereocenters. The summed E-state index contributed by atoms with van der Waals surface area (Å²) in [7, 11) is 0. The van der Waals surface area contributed by atoms with Crippen LogP contribution in [0.1, 0.15) is 43.5 Å². The number of amides is 1. The van der Waals surface area contributed by atoms with Crippen LogP contribution in [0, 0.1) is 0 Å². The number of anilines is 1. The first-order chi connectivity index (χ1) is 12.1. The van der Waals surface area contributed by atoms with Crippen LogP contribution in [0.4, 0.5) is 5.69 Å². The summed E-state index contributed by atoms with van der Waals surface area (Å²) in [5.41, 5.74) is 1.91. The highest BCUT2D eigenvalue weighted by Gasteiger charge is 2.18. The molecule has 25 heavy (non-hydrogen) atoms. The Labute approximate surface area is 156 Å². The van der Waals surface area contributed by atoms with Crippen LogP contribution in [0.3, 0.4) is 0 Å². The van der Waals surface area contributed by atoms with Gasteiger partial charge in [0.1, 0.15) is 0 Å². The first-order valence-electron chi connectivity index (χ1n) is 8.51. The SMILES string of the molecule is CC(C)c1noc(Cc2ccc(NC(=O)C[C@@H]3CSCCS3)cc2)n1. The van der Waals surface area contributed by atoms with Gasteiger partial charge in [-0.05, 0) is 17.7 Å². The number of aromatic nitrogens is 2. The van der Waals surface area contributed by atoms with Crippen molar-refractivity contribution in [2.24, 2.45) is 0 Å². The second kappa shape index (κ2) is 8.76. The average molecular weight is 378 g/mol. The Bertz CT molecular complexity index is 695. The van der Waals surface area contributed by atoms with E-state index in [1.165, 1.54) is 5.75 Å². The zero-order valence-electron chi connectivity index (χ0n) is 14.5. The second-order valence-corrected chi connectivity index (χ2v) is 8.95. The van der Waals surface area contributed by atoms with Gasteiger partial charge in [-0.2, -0.15) is 28.5 Å². The molecule has 0 radical (unpaired) electrons. The highest BCUT2D eigenvalue weighted by atomic mass is 32.2. The topological polar surface area (TPSA) is 68.0 Å². The minimum Gasteiger partial charge on any atom is -0.339 e. The largest absolute Gasteiger partial charge is 0.339 e. The molecule has 0 aliphatic carbocycles. The number of nitrogens with one attached hydrogen (secondary N) is 1. The maximum absolute atomic E-state index is 12.2. The van der Waals surface area contributed by atoms with Crippen LogP contribution >= 0.6 is 23.5 Å². The van der Waals surface area contributed by atoms with E-state index in [9.17, 15) is 4.79 Å². The Balaban J connectivity index is 1.51. The molecule has 5 nitrogen and oxygen atoms in total. The van der Waals surface area contributed by atoms with Gasteiger partial charge < -0.3 is 9.84 Å². The number of benzene rings is 1. The summed E-state index contributed by atoms with van der Waals surface area (Å²) in [6, 6.07) is 7.82. The van der Waals surface area contributed by atoms with Crippen molar-refractivity contribution in [1.29, 1.82) is 0 Å². The van der Waals surface area contributed by atoms with Crippen LogP contribution in [0.25, 0.3) is 0 Å². The first kappa shape index (κ1) is 18.3. The summed E-state index contributed by atoms with van der Waals surface area (Å²) in [6.45, 7) is 4.08. The number of thioether (sulfide) groups is 2. The lowest BCUT2D eigenvalue weighted by Crippen LogP contribution is -2.22. The molecule has 2 aromatic rings. The number of rotatable bonds is 6. The Hall–Kier alpha value is -1.47. The van der Waals surface area contributed by atoms with Gasteiger partial charge in [-0.3, -0.25) is 4.79 Å². The minimum absolute atomic E-state index is 0.0891. The predicted molar refractivity (Wildman–Crippen MR) is 104 cm³/mol. The quantitative estimate of drug-likeness (QED) is 0.822. The van der Waals surface area contributed by atoms with Crippen LogP contribution in [0.5, 0.6) is 0 Å². The fourth-order valence-electron chi connectivity index (χ4n) is 2.53. The van der Waals surface area contributed by atoms with Crippen LogP contribution in [-0.2, 0) is 11.2 Å². The van der Waals surface area contributed by atoms with E-state index in [0.29, 0.717) is 24.0 Å². The molecular weight excluding hydrogens is 354 g/mol. The molecule has 1 aliphatic rings. The van der Waals surface area contributed by atoms with E-state index in [-0.39, 0.29) is 11.8 Å².